The highest BCUT2D eigenvalue weighted by Gasteiger charge is 2.21. The molecule has 0 amide bonds. The van der Waals surface area contributed by atoms with Crippen LogP contribution < -0.4 is 5.73 Å². The van der Waals surface area contributed by atoms with E-state index in [-0.39, 0.29) is 6.61 Å². The third kappa shape index (κ3) is 21.2. The van der Waals surface area contributed by atoms with Gasteiger partial charge in [-0.2, -0.15) is 0 Å². The monoisotopic (exact) mass is 527 g/mol. The Morgan fingerprint density at radius 3 is 1.50 bits per heavy atom. The zero-order valence-corrected chi connectivity index (χ0v) is 24.5. The molecule has 0 fully saturated rings. The molecule has 0 aliphatic rings. The maximum atomic E-state index is 11.8. The van der Waals surface area contributed by atoms with Crippen molar-refractivity contribution in [1.82, 2.24) is 0 Å². The van der Waals surface area contributed by atoms with E-state index in [0.29, 0.717) is 17.6 Å². The largest absolute Gasteiger partial charge is 0.472 e. The summed E-state index contributed by atoms with van der Waals surface area (Å²) in [6.07, 6.45) is 21.7. The maximum absolute atomic E-state index is 11.8. The van der Waals surface area contributed by atoms with Gasteiger partial charge in [0.2, 0.25) is 0 Å². The number of phosphoric ester groups is 1. The summed E-state index contributed by atoms with van der Waals surface area (Å²) < 4.78 is 22.6. The smallest absolute Gasteiger partial charge is 0.399 e. The number of unbranched alkanes of at least 4 members (excludes halogenated alkanes) is 15. The summed E-state index contributed by atoms with van der Waals surface area (Å²) in [5, 5.41) is 0. The van der Waals surface area contributed by atoms with Gasteiger partial charge in [-0.05, 0) is 37.0 Å². The number of hydrogen-bond acceptors (Lipinski definition) is 4. The Balaban J connectivity index is 1.76. The van der Waals surface area contributed by atoms with Gasteiger partial charge in [0, 0.05) is 5.69 Å². The van der Waals surface area contributed by atoms with Crippen molar-refractivity contribution in [3.8, 4) is 0 Å². The predicted octanol–water partition coefficient (Wildman–Crippen LogP) is 7.89. The zero-order chi connectivity index (χ0) is 26.5. The lowest BCUT2D eigenvalue weighted by Gasteiger charge is -2.24. The van der Waals surface area contributed by atoms with Crippen LogP contribution >= 0.6 is 7.82 Å². The van der Waals surface area contributed by atoms with E-state index in [2.05, 4.69) is 12.1 Å². The van der Waals surface area contributed by atoms with Crippen molar-refractivity contribution < 1.29 is 23.0 Å². The van der Waals surface area contributed by atoms with Crippen LogP contribution in [0.5, 0.6) is 0 Å². The maximum Gasteiger partial charge on any atom is 0.472 e. The number of phosphoric acid groups is 1. The molecular weight excluding hydrogens is 471 g/mol. The summed E-state index contributed by atoms with van der Waals surface area (Å²) in [4.78, 5) is 9.69. The highest BCUT2D eigenvalue weighted by molar-refractivity contribution is 7.47. The number of anilines is 1. The van der Waals surface area contributed by atoms with E-state index < -0.39 is 7.82 Å². The number of benzene rings is 1. The highest BCUT2D eigenvalue weighted by atomic mass is 31.2. The van der Waals surface area contributed by atoms with Crippen molar-refractivity contribution in [2.24, 2.45) is 0 Å². The molecule has 0 radical (unpaired) electrons. The Bertz CT molecular complexity index is 692. The lowest BCUT2D eigenvalue weighted by atomic mass is 10.0. The number of rotatable bonds is 24. The minimum atomic E-state index is -3.90. The van der Waals surface area contributed by atoms with Crippen molar-refractivity contribution in [3.63, 3.8) is 0 Å². The van der Waals surface area contributed by atoms with Gasteiger partial charge in [-0.15, -0.1) is 0 Å². The van der Waals surface area contributed by atoms with Crippen LogP contribution in [0.1, 0.15) is 108 Å². The minimum absolute atomic E-state index is 0.226. The molecule has 6 nitrogen and oxygen atoms in total. The first-order valence-electron chi connectivity index (χ1n) is 14.4. The molecule has 0 bridgehead atoms. The molecule has 0 saturated heterocycles. The number of aryl methyl sites for hydroxylation is 1. The van der Waals surface area contributed by atoms with Crippen LogP contribution in [-0.2, 0) is 20.0 Å². The van der Waals surface area contributed by atoms with E-state index in [0.717, 1.165) is 18.5 Å². The fourth-order valence-electron chi connectivity index (χ4n) is 4.24. The molecule has 7 heteroatoms. The number of nitrogens with zero attached hydrogens (tertiary/aromatic N) is 1. The Labute approximate surface area is 222 Å². The summed E-state index contributed by atoms with van der Waals surface area (Å²) in [7, 11) is 2.15. The van der Waals surface area contributed by atoms with Crippen molar-refractivity contribution >= 4 is 13.5 Å². The molecule has 1 aromatic carbocycles. The molecule has 1 aromatic rings. The summed E-state index contributed by atoms with van der Waals surface area (Å²) in [5.74, 6) is 0. The van der Waals surface area contributed by atoms with Gasteiger partial charge in [0.05, 0.1) is 27.7 Å². The summed E-state index contributed by atoms with van der Waals surface area (Å²) in [6.45, 7) is 1.19. The van der Waals surface area contributed by atoms with Gasteiger partial charge in [0.1, 0.15) is 13.2 Å². The SMILES string of the molecule is C[N+](C)(C)CCOP(=O)(O)OCCCCCCCCCCCCCCCCCCc1ccc(N)cc1. The van der Waals surface area contributed by atoms with E-state index in [1.165, 1.54) is 102 Å². The molecule has 1 rings (SSSR count). The van der Waals surface area contributed by atoms with Gasteiger partial charge in [-0.25, -0.2) is 4.57 Å². The first kappa shape index (κ1) is 33.1. The second-order valence-corrected chi connectivity index (χ2v) is 12.8. The minimum Gasteiger partial charge on any atom is -0.399 e. The van der Waals surface area contributed by atoms with Crippen molar-refractivity contribution in [2.75, 3.05) is 46.6 Å². The normalized spacial score (nSPS) is 13.7. The van der Waals surface area contributed by atoms with Gasteiger partial charge in [0.15, 0.2) is 0 Å². The fourth-order valence-corrected chi connectivity index (χ4v) is 4.98. The van der Waals surface area contributed by atoms with Crippen LogP contribution in [0.2, 0.25) is 0 Å². The molecule has 0 aromatic heterocycles. The van der Waals surface area contributed by atoms with Gasteiger partial charge in [0.25, 0.3) is 0 Å². The molecule has 0 spiro atoms. The third-order valence-electron chi connectivity index (χ3n) is 6.61. The summed E-state index contributed by atoms with van der Waals surface area (Å²) in [6, 6.07) is 8.30. The Hall–Kier alpha value is -0.910. The van der Waals surface area contributed by atoms with Crippen LogP contribution in [0, 0.1) is 0 Å². The molecule has 210 valence electrons. The zero-order valence-electron chi connectivity index (χ0n) is 23.6. The standard InChI is InChI=1S/C29H55N2O4P/c1-31(2,3)25-27-35-36(32,33)34-26-19-17-15-13-11-9-7-5-4-6-8-10-12-14-16-18-20-28-21-23-29(30)24-22-28/h21-24H,4-20,25-27,30H2,1-3H3/p+1. The molecular formula is C29H56N2O4P+. The Morgan fingerprint density at radius 1 is 0.667 bits per heavy atom. The highest BCUT2D eigenvalue weighted by Crippen LogP contribution is 2.43. The van der Waals surface area contributed by atoms with E-state index in [4.69, 9.17) is 14.8 Å². The first-order valence-corrected chi connectivity index (χ1v) is 15.9. The number of quaternary nitrogens is 1. The van der Waals surface area contributed by atoms with E-state index >= 15 is 0 Å². The van der Waals surface area contributed by atoms with Crippen LogP contribution in [-0.4, -0.2) is 50.3 Å². The summed E-state index contributed by atoms with van der Waals surface area (Å²) >= 11 is 0. The number of hydrogen-bond donors (Lipinski definition) is 2. The molecule has 0 heterocycles. The fraction of sp³-hybridized carbons (Fsp3) is 0.793. The predicted molar refractivity (Wildman–Crippen MR) is 153 cm³/mol. The van der Waals surface area contributed by atoms with Crippen molar-refractivity contribution in [3.05, 3.63) is 29.8 Å². The first-order chi connectivity index (χ1) is 17.2. The second-order valence-electron chi connectivity index (χ2n) is 11.3. The lowest BCUT2D eigenvalue weighted by molar-refractivity contribution is -0.870. The number of nitrogens with two attached hydrogens (primary N) is 1. The summed E-state index contributed by atoms with van der Waals surface area (Å²) in [5.41, 5.74) is 7.99. The third-order valence-corrected chi connectivity index (χ3v) is 7.63. The average molecular weight is 528 g/mol. The van der Waals surface area contributed by atoms with E-state index in [1.807, 2.05) is 33.3 Å². The van der Waals surface area contributed by atoms with Gasteiger partial charge >= 0.3 is 7.82 Å². The molecule has 3 N–H and O–H groups in total. The second kappa shape index (κ2) is 20.1. The van der Waals surface area contributed by atoms with Crippen LogP contribution in [0.3, 0.4) is 0 Å². The molecule has 1 atom stereocenters. The van der Waals surface area contributed by atoms with E-state index in [1.54, 1.807) is 0 Å². The number of likely N-dealkylation sites (N-methyl/N-ethyl adjacent to an activating group) is 1. The van der Waals surface area contributed by atoms with Crippen molar-refractivity contribution in [1.29, 1.82) is 0 Å². The van der Waals surface area contributed by atoms with E-state index in [9.17, 15) is 9.46 Å². The van der Waals surface area contributed by atoms with Crippen LogP contribution in [0.25, 0.3) is 0 Å². The van der Waals surface area contributed by atoms with Gasteiger partial charge in [-0.3, -0.25) is 9.05 Å². The molecule has 0 aliphatic carbocycles. The Morgan fingerprint density at radius 2 is 1.06 bits per heavy atom. The van der Waals surface area contributed by atoms with Crippen molar-refractivity contribution in [2.45, 2.75) is 109 Å². The lowest BCUT2D eigenvalue weighted by Crippen LogP contribution is -2.37. The van der Waals surface area contributed by atoms with Crippen LogP contribution in [0.15, 0.2) is 24.3 Å². The molecule has 1 unspecified atom stereocenters. The molecule has 36 heavy (non-hydrogen) atoms. The van der Waals surface area contributed by atoms with Crippen LogP contribution in [0.4, 0.5) is 5.69 Å². The Kier molecular flexibility index (Phi) is 18.5. The topological polar surface area (TPSA) is 81.8 Å². The molecule has 0 saturated carbocycles. The number of nitrogen functional groups attached to an aromatic ring is 1. The van der Waals surface area contributed by atoms with Gasteiger partial charge < -0.3 is 15.1 Å². The quantitative estimate of drug-likeness (QED) is 0.0618. The molecule has 0 aliphatic heterocycles. The van der Waals surface area contributed by atoms with Gasteiger partial charge in [-0.1, -0.05) is 102 Å². The average Bonchev–Trinajstić information content (AvgIpc) is 2.80.